The van der Waals surface area contributed by atoms with E-state index in [1.165, 1.54) is 5.56 Å². The van der Waals surface area contributed by atoms with Gasteiger partial charge in [-0.05, 0) is 28.8 Å². The molecule has 2 aromatic carbocycles. The van der Waals surface area contributed by atoms with E-state index in [4.69, 9.17) is 22.2 Å². The van der Waals surface area contributed by atoms with Crippen LogP contribution in [0.4, 0.5) is 0 Å². The fourth-order valence-electron chi connectivity index (χ4n) is 2.46. The third kappa shape index (κ3) is 2.32. The molecule has 1 aliphatic heterocycles. The van der Waals surface area contributed by atoms with Crippen molar-refractivity contribution < 1.29 is 4.74 Å². The first kappa shape index (κ1) is 12.5. The molecule has 2 aromatic rings. The van der Waals surface area contributed by atoms with Crippen LogP contribution in [0.5, 0.6) is 5.75 Å². The van der Waals surface area contributed by atoms with Crippen molar-refractivity contribution in [2.45, 2.75) is 12.5 Å². The highest BCUT2D eigenvalue weighted by Gasteiger charge is 2.19. The summed E-state index contributed by atoms with van der Waals surface area (Å²) in [5.41, 5.74) is 6.14. The van der Waals surface area contributed by atoms with Crippen molar-refractivity contribution in [1.29, 1.82) is 0 Å². The van der Waals surface area contributed by atoms with Gasteiger partial charge in [-0.15, -0.1) is 0 Å². The van der Waals surface area contributed by atoms with Gasteiger partial charge in [-0.2, -0.15) is 0 Å². The lowest BCUT2D eigenvalue weighted by molar-refractivity contribution is 0.357. The highest BCUT2D eigenvalue weighted by molar-refractivity contribution is 6.31. The number of hydrogen-bond donors (Lipinski definition) is 2. The molecule has 0 bridgehead atoms. The molecule has 4 heteroatoms. The number of rotatable bonds is 3. The Bertz CT molecular complexity index is 600. The molecule has 1 atom stereocenters. The molecule has 0 aromatic heterocycles. The van der Waals surface area contributed by atoms with Crippen LogP contribution in [0.3, 0.4) is 0 Å². The van der Waals surface area contributed by atoms with Crippen LogP contribution in [0.25, 0.3) is 0 Å². The summed E-state index contributed by atoms with van der Waals surface area (Å²) in [4.78, 5) is 0. The standard InChI is InChI=1S/C15H15ClN2O/c16-13-4-2-1-3-12(13)15(18-17)11-5-6-14-10(9-11)7-8-19-14/h1-6,9,15,18H,7-8,17H2. The van der Waals surface area contributed by atoms with Gasteiger partial charge >= 0.3 is 0 Å². The molecular weight excluding hydrogens is 260 g/mol. The number of benzene rings is 2. The second-order valence-electron chi connectivity index (χ2n) is 4.59. The van der Waals surface area contributed by atoms with Crippen molar-refractivity contribution in [3.05, 3.63) is 64.2 Å². The maximum Gasteiger partial charge on any atom is 0.122 e. The minimum atomic E-state index is -0.111. The first-order valence-corrected chi connectivity index (χ1v) is 6.63. The van der Waals surface area contributed by atoms with E-state index >= 15 is 0 Å². The van der Waals surface area contributed by atoms with Crippen molar-refractivity contribution in [2.75, 3.05) is 6.61 Å². The zero-order chi connectivity index (χ0) is 13.2. The van der Waals surface area contributed by atoms with Gasteiger partial charge in [-0.1, -0.05) is 41.9 Å². The first-order chi connectivity index (χ1) is 9.29. The van der Waals surface area contributed by atoms with Gasteiger partial charge in [0.15, 0.2) is 0 Å². The van der Waals surface area contributed by atoms with Gasteiger partial charge in [-0.3, -0.25) is 5.84 Å². The molecule has 3 N–H and O–H groups in total. The van der Waals surface area contributed by atoms with E-state index in [1.807, 2.05) is 36.4 Å². The van der Waals surface area contributed by atoms with Crippen LogP contribution in [0, 0.1) is 0 Å². The second kappa shape index (κ2) is 5.21. The number of nitrogens with two attached hydrogens (primary N) is 1. The molecule has 0 saturated carbocycles. The summed E-state index contributed by atoms with van der Waals surface area (Å²) in [7, 11) is 0. The van der Waals surface area contributed by atoms with Gasteiger partial charge in [0.2, 0.25) is 0 Å². The Hall–Kier alpha value is -1.55. The van der Waals surface area contributed by atoms with Crippen LogP contribution >= 0.6 is 11.6 Å². The molecule has 1 aliphatic rings. The largest absolute Gasteiger partial charge is 0.493 e. The highest BCUT2D eigenvalue weighted by Crippen LogP contribution is 2.32. The lowest BCUT2D eigenvalue weighted by atomic mass is 9.97. The summed E-state index contributed by atoms with van der Waals surface area (Å²) < 4.78 is 5.52. The molecule has 0 spiro atoms. The van der Waals surface area contributed by atoms with Crippen LogP contribution in [0.15, 0.2) is 42.5 Å². The van der Waals surface area contributed by atoms with Gasteiger partial charge < -0.3 is 4.74 Å². The summed E-state index contributed by atoms with van der Waals surface area (Å²) in [6.07, 6.45) is 0.947. The molecule has 98 valence electrons. The number of hydrogen-bond acceptors (Lipinski definition) is 3. The molecule has 0 radical (unpaired) electrons. The van der Waals surface area contributed by atoms with Crippen molar-refractivity contribution in [3.63, 3.8) is 0 Å². The molecule has 0 aliphatic carbocycles. The van der Waals surface area contributed by atoms with Crippen molar-refractivity contribution in [3.8, 4) is 5.75 Å². The van der Waals surface area contributed by atoms with E-state index in [0.717, 1.165) is 29.9 Å². The normalized spacial score (nSPS) is 14.8. The summed E-state index contributed by atoms with van der Waals surface area (Å²) >= 11 is 6.24. The van der Waals surface area contributed by atoms with E-state index in [-0.39, 0.29) is 6.04 Å². The van der Waals surface area contributed by atoms with Crippen LogP contribution in [0.2, 0.25) is 5.02 Å². The zero-order valence-corrected chi connectivity index (χ0v) is 11.2. The van der Waals surface area contributed by atoms with E-state index in [0.29, 0.717) is 5.02 Å². The summed E-state index contributed by atoms with van der Waals surface area (Å²) in [6, 6.07) is 13.8. The molecule has 1 heterocycles. The van der Waals surface area contributed by atoms with Crippen LogP contribution in [0.1, 0.15) is 22.7 Å². The molecular formula is C15H15ClN2O. The third-order valence-electron chi connectivity index (χ3n) is 3.43. The Balaban J connectivity index is 2.01. The smallest absolute Gasteiger partial charge is 0.122 e. The minimum absolute atomic E-state index is 0.111. The molecule has 0 saturated heterocycles. The highest BCUT2D eigenvalue weighted by atomic mass is 35.5. The predicted octanol–water partition coefficient (Wildman–Crippen LogP) is 2.83. The molecule has 0 amide bonds. The lowest BCUT2D eigenvalue weighted by Crippen LogP contribution is -2.29. The minimum Gasteiger partial charge on any atom is -0.493 e. The maximum atomic E-state index is 6.24. The Kier molecular flexibility index (Phi) is 3.42. The number of hydrazine groups is 1. The second-order valence-corrected chi connectivity index (χ2v) is 4.99. The molecule has 19 heavy (non-hydrogen) atoms. The van der Waals surface area contributed by atoms with Gasteiger partial charge in [0, 0.05) is 11.4 Å². The molecule has 0 fully saturated rings. The fourth-order valence-corrected chi connectivity index (χ4v) is 2.71. The summed E-state index contributed by atoms with van der Waals surface area (Å²) in [5, 5.41) is 0.710. The Morgan fingerprint density at radius 3 is 2.84 bits per heavy atom. The SMILES string of the molecule is NNC(c1ccc2c(c1)CCO2)c1ccccc1Cl. The van der Waals surface area contributed by atoms with E-state index < -0.39 is 0 Å². The van der Waals surface area contributed by atoms with Crippen LogP contribution in [-0.4, -0.2) is 6.61 Å². The van der Waals surface area contributed by atoms with Crippen LogP contribution in [-0.2, 0) is 6.42 Å². The van der Waals surface area contributed by atoms with Gasteiger partial charge in [-0.25, -0.2) is 5.43 Å². The topological polar surface area (TPSA) is 47.3 Å². The van der Waals surface area contributed by atoms with Crippen molar-refractivity contribution in [2.24, 2.45) is 5.84 Å². The number of ether oxygens (including phenoxy) is 1. The zero-order valence-electron chi connectivity index (χ0n) is 10.4. The number of nitrogens with one attached hydrogen (secondary N) is 1. The third-order valence-corrected chi connectivity index (χ3v) is 3.77. The quantitative estimate of drug-likeness (QED) is 0.668. The number of halogens is 1. The monoisotopic (exact) mass is 274 g/mol. The maximum absolute atomic E-state index is 6.24. The fraction of sp³-hybridized carbons (Fsp3) is 0.200. The Morgan fingerprint density at radius 1 is 1.21 bits per heavy atom. The lowest BCUT2D eigenvalue weighted by Gasteiger charge is -2.18. The van der Waals surface area contributed by atoms with Crippen LogP contribution < -0.4 is 16.0 Å². The first-order valence-electron chi connectivity index (χ1n) is 6.26. The van der Waals surface area contributed by atoms with Crippen molar-refractivity contribution in [1.82, 2.24) is 5.43 Å². The number of fused-ring (bicyclic) bond motifs is 1. The van der Waals surface area contributed by atoms with Gasteiger partial charge in [0.05, 0.1) is 12.6 Å². The van der Waals surface area contributed by atoms with E-state index in [2.05, 4.69) is 11.5 Å². The molecule has 1 unspecified atom stereocenters. The molecule has 3 nitrogen and oxygen atoms in total. The average molecular weight is 275 g/mol. The Morgan fingerprint density at radius 2 is 2.05 bits per heavy atom. The molecule has 3 rings (SSSR count). The predicted molar refractivity (Wildman–Crippen MR) is 76.3 cm³/mol. The van der Waals surface area contributed by atoms with Crippen molar-refractivity contribution >= 4 is 11.6 Å². The summed E-state index contributed by atoms with van der Waals surface area (Å²) in [6.45, 7) is 0.756. The average Bonchev–Trinajstić information content (AvgIpc) is 2.89. The Labute approximate surface area is 117 Å². The van der Waals surface area contributed by atoms with E-state index in [9.17, 15) is 0 Å². The van der Waals surface area contributed by atoms with Gasteiger partial charge in [0.25, 0.3) is 0 Å². The van der Waals surface area contributed by atoms with Gasteiger partial charge in [0.1, 0.15) is 5.75 Å². The van der Waals surface area contributed by atoms with E-state index in [1.54, 1.807) is 0 Å². The summed E-state index contributed by atoms with van der Waals surface area (Å²) in [5.74, 6) is 6.68.